The molecule has 78 valence electrons. The Labute approximate surface area is 83.6 Å². The van der Waals surface area contributed by atoms with E-state index in [0.29, 0.717) is 5.41 Å². The largest absolute Gasteiger partial charge is 0.313 e. The highest BCUT2D eigenvalue weighted by molar-refractivity contribution is 4.85. The van der Waals surface area contributed by atoms with Crippen LogP contribution in [0.15, 0.2) is 12.2 Å². The molecule has 0 aliphatic heterocycles. The second-order valence-electron chi connectivity index (χ2n) is 5.29. The predicted molar refractivity (Wildman–Crippen MR) is 60.9 cm³/mol. The highest BCUT2D eigenvalue weighted by Gasteiger charge is 2.07. The van der Waals surface area contributed by atoms with Crippen molar-refractivity contribution in [1.29, 1.82) is 0 Å². The van der Waals surface area contributed by atoms with Gasteiger partial charge in [-0.05, 0) is 17.8 Å². The van der Waals surface area contributed by atoms with E-state index >= 15 is 0 Å². The lowest BCUT2D eigenvalue weighted by molar-refractivity contribution is 0.388. The predicted octanol–water partition coefficient (Wildman–Crippen LogP) is 3.22. The Hall–Kier alpha value is -0.300. The van der Waals surface area contributed by atoms with Crippen molar-refractivity contribution in [2.45, 2.75) is 41.0 Å². The minimum atomic E-state index is 0.395. The molecule has 0 aliphatic carbocycles. The summed E-state index contributed by atoms with van der Waals surface area (Å²) in [4.78, 5) is 0. The molecule has 0 fully saturated rings. The van der Waals surface area contributed by atoms with Crippen molar-refractivity contribution in [1.82, 2.24) is 5.32 Å². The van der Waals surface area contributed by atoms with Gasteiger partial charge in [-0.2, -0.15) is 0 Å². The molecule has 1 nitrogen and oxygen atoms in total. The molecule has 0 bridgehead atoms. The van der Waals surface area contributed by atoms with Crippen molar-refractivity contribution in [3.8, 4) is 0 Å². The van der Waals surface area contributed by atoms with Crippen LogP contribution in [0.2, 0.25) is 0 Å². The Bertz CT molecular complexity index is 140. The zero-order valence-electron chi connectivity index (χ0n) is 9.85. The number of nitrogens with one attached hydrogen (secondary N) is 1. The summed E-state index contributed by atoms with van der Waals surface area (Å²) in [5.41, 5.74) is 0.395. The van der Waals surface area contributed by atoms with Crippen molar-refractivity contribution in [3.63, 3.8) is 0 Å². The average Bonchev–Trinajstić information content (AvgIpc) is 1.93. The number of hydrogen-bond acceptors (Lipinski definition) is 1. The lowest BCUT2D eigenvalue weighted by Gasteiger charge is -2.17. The molecule has 0 spiro atoms. The summed E-state index contributed by atoms with van der Waals surface area (Å²) >= 11 is 0. The Morgan fingerprint density at radius 2 is 1.77 bits per heavy atom. The maximum absolute atomic E-state index is 3.41. The van der Waals surface area contributed by atoms with Gasteiger partial charge in [-0.3, -0.25) is 0 Å². The molecule has 1 N–H and O–H groups in total. The van der Waals surface area contributed by atoms with Gasteiger partial charge in [0.2, 0.25) is 0 Å². The maximum Gasteiger partial charge on any atom is 0.0135 e. The lowest BCUT2D eigenvalue weighted by Crippen LogP contribution is -2.26. The van der Waals surface area contributed by atoms with Crippen LogP contribution in [0.4, 0.5) is 0 Å². The SMILES string of the molecule is CC(C)C/C=C/CNCC(C)(C)C. The van der Waals surface area contributed by atoms with Gasteiger partial charge in [-0.25, -0.2) is 0 Å². The van der Waals surface area contributed by atoms with Crippen molar-refractivity contribution < 1.29 is 0 Å². The normalized spacial score (nSPS) is 13.1. The molecule has 0 aromatic carbocycles. The lowest BCUT2D eigenvalue weighted by atomic mass is 9.97. The number of hydrogen-bond donors (Lipinski definition) is 1. The van der Waals surface area contributed by atoms with Crippen molar-refractivity contribution in [3.05, 3.63) is 12.2 Å². The molecule has 0 heterocycles. The smallest absolute Gasteiger partial charge is 0.0135 e. The Morgan fingerprint density at radius 1 is 1.15 bits per heavy atom. The third-order valence-electron chi connectivity index (χ3n) is 1.69. The molecule has 0 atom stereocenters. The van der Waals surface area contributed by atoms with E-state index < -0.39 is 0 Å². The highest BCUT2D eigenvalue weighted by atomic mass is 14.9. The van der Waals surface area contributed by atoms with Crippen LogP contribution >= 0.6 is 0 Å². The molecule has 0 rings (SSSR count). The topological polar surface area (TPSA) is 12.0 Å². The van der Waals surface area contributed by atoms with E-state index in [0.717, 1.165) is 19.0 Å². The van der Waals surface area contributed by atoms with Gasteiger partial charge in [-0.1, -0.05) is 46.8 Å². The molecule has 0 aromatic rings. The summed E-state index contributed by atoms with van der Waals surface area (Å²) in [6, 6.07) is 0. The second-order valence-corrected chi connectivity index (χ2v) is 5.29. The molecular formula is C12H25N. The zero-order chi connectivity index (χ0) is 10.3. The van der Waals surface area contributed by atoms with Crippen LogP contribution in [0, 0.1) is 11.3 Å². The molecule has 0 radical (unpaired) electrons. The maximum atomic E-state index is 3.41. The highest BCUT2D eigenvalue weighted by Crippen LogP contribution is 2.09. The summed E-state index contributed by atoms with van der Waals surface area (Å²) in [6.07, 6.45) is 5.68. The summed E-state index contributed by atoms with van der Waals surface area (Å²) in [7, 11) is 0. The van der Waals surface area contributed by atoms with E-state index in [4.69, 9.17) is 0 Å². The first kappa shape index (κ1) is 12.7. The minimum absolute atomic E-state index is 0.395. The Morgan fingerprint density at radius 3 is 2.23 bits per heavy atom. The fourth-order valence-electron chi connectivity index (χ4n) is 0.982. The molecule has 13 heavy (non-hydrogen) atoms. The van der Waals surface area contributed by atoms with Gasteiger partial charge < -0.3 is 5.32 Å². The van der Waals surface area contributed by atoms with Crippen LogP contribution in [0.25, 0.3) is 0 Å². The molecule has 0 amide bonds. The van der Waals surface area contributed by atoms with E-state index in [1.807, 2.05) is 0 Å². The van der Waals surface area contributed by atoms with Crippen LogP contribution in [-0.2, 0) is 0 Å². The van der Waals surface area contributed by atoms with Gasteiger partial charge in [0.15, 0.2) is 0 Å². The third-order valence-corrected chi connectivity index (χ3v) is 1.69. The van der Waals surface area contributed by atoms with E-state index in [2.05, 4.69) is 52.1 Å². The zero-order valence-corrected chi connectivity index (χ0v) is 9.85. The summed E-state index contributed by atoms with van der Waals surface area (Å²) in [5.74, 6) is 0.777. The fraction of sp³-hybridized carbons (Fsp3) is 0.833. The third kappa shape index (κ3) is 11.7. The first-order valence-electron chi connectivity index (χ1n) is 5.27. The Balaban J connectivity index is 3.31. The minimum Gasteiger partial charge on any atom is -0.313 e. The van der Waals surface area contributed by atoms with E-state index in [1.165, 1.54) is 6.42 Å². The van der Waals surface area contributed by atoms with Crippen molar-refractivity contribution in [2.75, 3.05) is 13.1 Å². The summed E-state index contributed by atoms with van der Waals surface area (Å²) in [6.45, 7) is 13.3. The second kappa shape index (κ2) is 6.20. The van der Waals surface area contributed by atoms with Crippen LogP contribution in [0.1, 0.15) is 41.0 Å². The average molecular weight is 183 g/mol. The van der Waals surface area contributed by atoms with Gasteiger partial charge in [0.05, 0.1) is 0 Å². The molecule has 0 saturated heterocycles. The van der Waals surface area contributed by atoms with Crippen LogP contribution < -0.4 is 5.32 Å². The molecular weight excluding hydrogens is 158 g/mol. The van der Waals surface area contributed by atoms with Gasteiger partial charge >= 0.3 is 0 Å². The summed E-state index contributed by atoms with van der Waals surface area (Å²) in [5, 5.41) is 3.41. The quantitative estimate of drug-likeness (QED) is 0.510. The standard InChI is InChI=1S/C12H25N/c1-11(2)8-6-7-9-13-10-12(3,4)5/h6-7,11,13H,8-10H2,1-5H3/b7-6+. The van der Waals surface area contributed by atoms with Crippen LogP contribution in [-0.4, -0.2) is 13.1 Å². The van der Waals surface area contributed by atoms with Crippen LogP contribution in [0.5, 0.6) is 0 Å². The van der Waals surface area contributed by atoms with Gasteiger partial charge in [-0.15, -0.1) is 0 Å². The first-order chi connectivity index (χ1) is 5.92. The van der Waals surface area contributed by atoms with E-state index in [1.54, 1.807) is 0 Å². The van der Waals surface area contributed by atoms with Gasteiger partial charge in [0.25, 0.3) is 0 Å². The van der Waals surface area contributed by atoms with Crippen molar-refractivity contribution in [2.24, 2.45) is 11.3 Å². The fourth-order valence-corrected chi connectivity index (χ4v) is 0.982. The summed E-state index contributed by atoms with van der Waals surface area (Å²) < 4.78 is 0. The molecule has 0 saturated carbocycles. The molecule has 0 unspecified atom stereocenters. The monoisotopic (exact) mass is 183 g/mol. The van der Waals surface area contributed by atoms with Gasteiger partial charge in [0, 0.05) is 13.1 Å². The van der Waals surface area contributed by atoms with Crippen molar-refractivity contribution >= 4 is 0 Å². The molecule has 0 aromatic heterocycles. The first-order valence-corrected chi connectivity index (χ1v) is 5.27. The number of allylic oxidation sites excluding steroid dienone is 1. The van der Waals surface area contributed by atoms with Crippen LogP contribution in [0.3, 0.4) is 0 Å². The number of rotatable bonds is 5. The molecule has 1 heteroatoms. The van der Waals surface area contributed by atoms with E-state index in [9.17, 15) is 0 Å². The molecule has 0 aliphatic rings. The van der Waals surface area contributed by atoms with E-state index in [-0.39, 0.29) is 0 Å². The van der Waals surface area contributed by atoms with Gasteiger partial charge in [0.1, 0.15) is 0 Å². The Kier molecular flexibility index (Phi) is 6.06.